The third kappa shape index (κ3) is 4.33. The molecule has 0 fully saturated rings. The van der Waals surface area contributed by atoms with Crippen LogP contribution in [0.2, 0.25) is 0 Å². The van der Waals surface area contributed by atoms with E-state index in [-0.39, 0.29) is 0 Å². The van der Waals surface area contributed by atoms with Crippen LogP contribution in [0.1, 0.15) is 11.1 Å². The average Bonchev–Trinajstić information content (AvgIpc) is 2.41. The van der Waals surface area contributed by atoms with Crippen LogP contribution in [-0.4, -0.2) is 18.3 Å². The minimum absolute atomic E-state index is 0.431. The van der Waals surface area contributed by atoms with Crippen LogP contribution >= 0.6 is 31.9 Å². The Morgan fingerprint density at radius 3 is 2.30 bits per heavy atom. The fourth-order valence-electron chi connectivity index (χ4n) is 2.13. The largest absolute Gasteiger partial charge is 0.496 e. The minimum atomic E-state index is -0.431. The van der Waals surface area contributed by atoms with Gasteiger partial charge in [0.05, 0.1) is 13.2 Å². The first-order valence-electron chi connectivity index (χ1n) is 6.33. The quantitative estimate of drug-likeness (QED) is 0.808. The fraction of sp³-hybridized carbons (Fsp3) is 0.250. The molecule has 0 aliphatic carbocycles. The summed E-state index contributed by atoms with van der Waals surface area (Å²) in [5.41, 5.74) is 2.13. The van der Waals surface area contributed by atoms with E-state index in [0.717, 1.165) is 25.8 Å². The highest BCUT2D eigenvalue weighted by Gasteiger charge is 2.11. The Kier molecular flexibility index (Phi) is 5.64. The van der Waals surface area contributed by atoms with Crippen LogP contribution in [0.3, 0.4) is 0 Å². The molecule has 20 heavy (non-hydrogen) atoms. The molecule has 1 unspecified atom stereocenters. The van der Waals surface area contributed by atoms with Crippen LogP contribution in [0.5, 0.6) is 5.75 Å². The van der Waals surface area contributed by atoms with Crippen LogP contribution in [0, 0.1) is 0 Å². The molecule has 0 saturated carbocycles. The topological polar surface area (TPSA) is 29.5 Å². The summed E-state index contributed by atoms with van der Waals surface area (Å²) in [7, 11) is 1.65. The van der Waals surface area contributed by atoms with Gasteiger partial charge in [0.25, 0.3) is 0 Å². The molecule has 0 radical (unpaired) electrons. The van der Waals surface area contributed by atoms with Gasteiger partial charge < -0.3 is 9.84 Å². The molecule has 0 bridgehead atoms. The summed E-state index contributed by atoms with van der Waals surface area (Å²) in [5, 5.41) is 10.3. The van der Waals surface area contributed by atoms with Crippen molar-refractivity contribution in [3.8, 4) is 5.75 Å². The predicted molar refractivity (Wildman–Crippen MR) is 88.3 cm³/mol. The highest BCUT2D eigenvalue weighted by atomic mass is 79.9. The zero-order chi connectivity index (χ0) is 14.5. The van der Waals surface area contributed by atoms with E-state index in [1.165, 1.54) is 0 Å². The molecule has 1 N–H and O–H groups in total. The van der Waals surface area contributed by atoms with E-state index in [0.29, 0.717) is 12.8 Å². The number of methoxy groups -OCH3 is 1. The van der Waals surface area contributed by atoms with Gasteiger partial charge in [0.15, 0.2) is 0 Å². The molecule has 0 heterocycles. The fourth-order valence-corrected chi connectivity index (χ4v) is 2.80. The van der Waals surface area contributed by atoms with E-state index >= 15 is 0 Å². The molecule has 0 amide bonds. The van der Waals surface area contributed by atoms with E-state index in [1.807, 2.05) is 42.5 Å². The van der Waals surface area contributed by atoms with Crippen molar-refractivity contribution in [1.29, 1.82) is 0 Å². The summed E-state index contributed by atoms with van der Waals surface area (Å²) in [5.74, 6) is 0.808. The highest BCUT2D eigenvalue weighted by molar-refractivity contribution is 9.10. The number of hydrogen-bond donors (Lipinski definition) is 1. The molecule has 1 atom stereocenters. The Morgan fingerprint density at radius 2 is 1.65 bits per heavy atom. The molecule has 0 saturated heterocycles. The van der Waals surface area contributed by atoms with Gasteiger partial charge in [0.1, 0.15) is 5.75 Å². The zero-order valence-electron chi connectivity index (χ0n) is 11.1. The second-order valence-electron chi connectivity index (χ2n) is 4.64. The van der Waals surface area contributed by atoms with Gasteiger partial charge in [0, 0.05) is 15.4 Å². The number of hydrogen-bond acceptors (Lipinski definition) is 2. The summed E-state index contributed by atoms with van der Waals surface area (Å²) in [6.45, 7) is 0. The van der Waals surface area contributed by atoms with Gasteiger partial charge in [-0.3, -0.25) is 0 Å². The van der Waals surface area contributed by atoms with Crippen LogP contribution in [-0.2, 0) is 12.8 Å². The summed E-state index contributed by atoms with van der Waals surface area (Å²) in [4.78, 5) is 0. The van der Waals surface area contributed by atoms with Crippen molar-refractivity contribution in [2.24, 2.45) is 0 Å². The lowest BCUT2D eigenvalue weighted by molar-refractivity contribution is 0.174. The van der Waals surface area contributed by atoms with Gasteiger partial charge in [-0.25, -0.2) is 0 Å². The Bertz CT molecular complexity index is 567. The van der Waals surface area contributed by atoms with Crippen molar-refractivity contribution in [2.45, 2.75) is 18.9 Å². The average molecular weight is 400 g/mol. The number of halogens is 2. The molecular weight excluding hydrogens is 384 g/mol. The van der Waals surface area contributed by atoms with E-state index < -0.39 is 6.10 Å². The molecular formula is C16H16Br2O2. The number of rotatable bonds is 5. The molecule has 2 rings (SSSR count). The lowest BCUT2D eigenvalue weighted by Crippen LogP contribution is -2.14. The van der Waals surface area contributed by atoms with E-state index in [2.05, 4.69) is 31.9 Å². The van der Waals surface area contributed by atoms with Crippen LogP contribution in [0.15, 0.2) is 51.4 Å². The predicted octanol–water partition coefficient (Wildman–Crippen LogP) is 4.37. The maximum atomic E-state index is 10.3. The van der Waals surface area contributed by atoms with Crippen molar-refractivity contribution in [2.75, 3.05) is 7.11 Å². The number of benzene rings is 2. The van der Waals surface area contributed by atoms with Crippen molar-refractivity contribution in [3.05, 3.63) is 62.5 Å². The molecule has 0 aromatic heterocycles. The molecule has 106 valence electrons. The van der Waals surface area contributed by atoms with Crippen LogP contribution < -0.4 is 4.74 Å². The van der Waals surface area contributed by atoms with Crippen LogP contribution in [0.4, 0.5) is 0 Å². The first-order valence-corrected chi connectivity index (χ1v) is 7.92. The molecule has 2 nitrogen and oxygen atoms in total. The minimum Gasteiger partial charge on any atom is -0.496 e. The van der Waals surface area contributed by atoms with Gasteiger partial charge in [-0.15, -0.1) is 0 Å². The lowest BCUT2D eigenvalue weighted by Gasteiger charge is -2.14. The summed E-state index contributed by atoms with van der Waals surface area (Å²) in [6.07, 6.45) is 0.765. The third-order valence-electron chi connectivity index (χ3n) is 3.08. The molecule has 4 heteroatoms. The second kappa shape index (κ2) is 7.25. The first kappa shape index (κ1) is 15.5. The van der Waals surface area contributed by atoms with E-state index in [1.54, 1.807) is 7.11 Å². The normalized spacial score (nSPS) is 12.2. The molecule has 2 aromatic carbocycles. The second-order valence-corrected chi connectivity index (χ2v) is 6.48. The lowest BCUT2D eigenvalue weighted by atomic mass is 10.0. The zero-order valence-corrected chi connectivity index (χ0v) is 14.3. The Balaban J connectivity index is 2.05. The monoisotopic (exact) mass is 398 g/mol. The maximum absolute atomic E-state index is 10.3. The molecule has 2 aromatic rings. The van der Waals surface area contributed by atoms with E-state index in [9.17, 15) is 5.11 Å². The summed E-state index contributed by atoms with van der Waals surface area (Å²) < 4.78 is 7.36. The molecule has 0 spiro atoms. The van der Waals surface area contributed by atoms with Gasteiger partial charge in [0.2, 0.25) is 0 Å². The maximum Gasteiger partial charge on any atom is 0.122 e. The van der Waals surface area contributed by atoms with Crippen molar-refractivity contribution in [3.63, 3.8) is 0 Å². The van der Waals surface area contributed by atoms with Crippen molar-refractivity contribution < 1.29 is 9.84 Å². The van der Waals surface area contributed by atoms with E-state index in [4.69, 9.17) is 4.74 Å². The Morgan fingerprint density at radius 1 is 1.00 bits per heavy atom. The number of aliphatic hydroxyl groups is 1. The van der Waals surface area contributed by atoms with Crippen molar-refractivity contribution in [1.82, 2.24) is 0 Å². The number of ether oxygens (including phenoxy) is 1. The smallest absolute Gasteiger partial charge is 0.122 e. The molecule has 0 aliphatic heterocycles. The first-order chi connectivity index (χ1) is 9.58. The molecule has 0 aliphatic rings. The van der Waals surface area contributed by atoms with Gasteiger partial charge >= 0.3 is 0 Å². The third-order valence-corrected chi connectivity index (χ3v) is 4.10. The summed E-state index contributed by atoms with van der Waals surface area (Å²) in [6, 6.07) is 13.8. The van der Waals surface area contributed by atoms with Crippen molar-refractivity contribution >= 4 is 31.9 Å². The van der Waals surface area contributed by atoms with Crippen LogP contribution in [0.25, 0.3) is 0 Å². The SMILES string of the molecule is COc1ccc(Br)cc1CC(O)Cc1ccc(Br)cc1. The standard InChI is InChI=1S/C16H16Br2O2/c1-20-16-7-6-14(18)9-12(16)10-15(19)8-11-2-4-13(17)5-3-11/h2-7,9,15,19H,8,10H2,1H3. The Hall–Kier alpha value is -0.840. The highest BCUT2D eigenvalue weighted by Crippen LogP contribution is 2.25. The van der Waals surface area contributed by atoms with Gasteiger partial charge in [-0.05, 0) is 47.9 Å². The Labute approximate surface area is 136 Å². The van der Waals surface area contributed by atoms with Gasteiger partial charge in [-0.1, -0.05) is 44.0 Å². The summed E-state index contributed by atoms with van der Waals surface area (Å²) >= 11 is 6.86. The van der Waals surface area contributed by atoms with Gasteiger partial charge in [-0.2, -0.15) is 0 Å². The number of aliphatic hydroxyl groups excluding tert-OH is 1.